The SMILES string of the molecule is O=C(NCCOCCOCCNC(=O)OCCO)OCCO. The molecule has 0 fully saturated rings. The molecule has 0 bridgehead atoms. The third-order valence-corrected chi connectivity index (χ3v) is 2.05. The van der Waals surface area contributed by atoms with Crippen LogP contribution in [0.15, 0.2) is 0 Å². The monoisotopic (exact) mass is 324 g/mol. The molecule has 0 heterocycles. The van der Waals surface area contributed by atoms with Crippen LogP contribution in [0.5, 0.6) is 0 Å². The van der Waals surface area contributed by atoms with Crippen molar-refractivity contribution in [2.75, 3.05) is 65.9 Å². The number of aliphatic hydroxyl groups is 2. The Morgan fingerprint density at radius 2 is 1.09 bits per heavy atom. The smallest absolute Gasteiger partial charge is 0.407 e. The average Bonchev–Trinajstić information content (AvgIpc) is 2.52. The molecule has 0 saturated carbocycles. The molecule has 0 rings (SSSR count). The first-order chi connectivity index (χ1) is 10.7. The number of ether oxygens (including phenoxy) is 4. The van der Waals surface area contributed by atoms with Crippen LogP contribution in [0.1, 0.15) is 0 Å². The summed E-state index contributed by atoms with van der Waals surface area (Å²) in [6.07, 6.45) is -1.21. The molecule has 0 saturated heterocycles. The lowest BCUT2D eigenvalue weighted by Gasteiger charge is -2.08. The summed E-state index contributed by atoms with van der Waals surface area (Å²) in [6.45, 7) is 1.40. The lowest BCUT2D eigenvalue weighted by atomic mass is 10.6. The van der Waals surface area contributed by atoms with Crippen LogP contribution < -0.4 is 10.6 Å². The number of hydrogen-bond donors (Lipinski definition) is 4. The number of aliphatic hydroxyl groups excluding tert-OH is 2. The van der Waals surface area contributed by atoms with Crippen molar-refractivity contribution in [2.45, 2.75) is 0 Å². The third-order valence-electron chi connectivity index (χ3n) is 2.05. The zero-order valence-electron chi connectivity index (χ0n) is 12.4. The van der Waals surface area contributed by atoms with Crippen LogP contribution in [-0.2, 0) is 18.9 Å². The molecule has 0 aliphatic heterocycles. The van der Waals surface area contributed by atoms with Gasteiger partial charge in [0.25, 0.3) is 0 Å². The highest BCUT2D eigenvalue weighted by atomic mass is 16.6. The number of amides is 2. The molecule has 2 amide bonds. The minimum atomic E-state index is -0.604. The quantitative estimate of drug-likeness (QED) is 0.299. The molecular weight excluding hydrogens is 300 g/mol. The van der Waals surface area contributed by atoms with Crippen LogP contribution >= 0.6 is 0 Å². The van der Waals surface area contributed by atoms with E-state index in [-0.39, 0.29) is 26.4 Å². The van der Waals surface area contributed by atoms with Gasteiger partial charge in [-0.2, -0.15) is 0 Å². The van der Waals surface area contributed by atoms with Crippen LogP contribution in [-0.4, -0.2) is 88.3 Å². The third kappa shape index (κ3) is 14.8. The summed E-state index contributed by atoms with van der Waals surface area (Å²) in [5, 5.41) is 21.7. The average molecular weight is 324 g/mol. The maximum atomic E-state index is 10.9. The lowest BCUT2D eigenvalue weighted by Crippen LogP contribution is -2.29. The number of nitrogens with one attached hydrogen (secondary N) is 2. The molecular formula is C12H24N2O8. The molecule has 0 aromatic carbocycles. The first kappa shape index (κ1) is 20.4. The molecule has 22 heavy (non-hydrogen) atoms. The van der Waals surface area contributed by atoms with E-state index in [1.165, 1.54) is 0 Å². The van der Waals surface area contributed by atoms with Gasteiger partial charge in [-0.3, -0.25) is 0 Å². The fourth-order valence-electron chi connectivity index (χ4n) is 1.15. The van der Waals surface area contributed by atoms with Crippen LogP contribution in [0, 0.1) is 0 Å². The Kier molecular flexibility index (Phi) is 14.6. The van der Waals surface area contributed by atoms with E-state index in [1.54, 1.807) is 0 Å². The minimum Gasteiger partial charge on any atom is -0.447 e. The van der Waals surface area contributed by atoms with Crippen LogP contribution in [0.25, 0.3) is 0 Å². The fourth-order valence-corrected chi connectivity index (χ4v) is 1.15. The largest absolute Gasteiger partial charge is 0.447 e. The Morgan fingerprint density at radius 1 is 0.682 bits per heavy atom. The fraction of sp³-hybridized carbons (Fsp3) is 0.833. The standard InChI is InChI=1S/C12H24N2O8/c15-3-7-21-11(17)13-1-5-19-9-10-20-6-2-14-12(18)22-8-4-16/h15-16H,1-10H2,(H,13,17)(H,14,18). The summed E-state index contributed by atoms with van der Waals surface area (Å²) >= 11 is 0. The van der Waals surface area contributed by atoms with Crippen molar-refractivity contribution >= 4 is 12.2 Å². The first-order valence-electron chi connectivity index (χ1n) is 6.89. The number of rotatable bonds is 13. The zero-order chi connectivity index (χ0) is 16.5. The van der Waals surface area contributed by atoms with Gasteiger partial charge in [0.15, 0.2) is 0 Å². The van der Waals surface area contributed by atoms with Crippen molar-refractivity contribution in [2.24, 2.45) is 0 Å². The van der Waals surface area contributed by atoms with Crippen molar-refractivity contribution in [3.05, 3.63) is 0 Å². The molecule has 0 aromatic rings. The molecule has 130 valence electrons. The molecule has 0 aliphatic carbocycles. The second-order valence-corrected chi connectivity index (χ2v) is 3.80. The van der Waals surface area contributed by atoms with Crippen molar-refractivity contribution in [3.63, 3.8) is 0 Å². The normalized spacial score (nSPS) is 10.1. The Balaban J connectivity index is 3.17. The molecule has 0 radical (unpaired) electrons. The summed E-state index contributed by atoms with van der Waals surface area (Å²) < 4.78 is 19.5. The van der Waals surface area contributed by atoms with Crippen molar-refractivity contribution in [1.82, 2.24) is 10.6 Å². The van der Waals surface area contributed by atoms with E-state index < -0.39 is 12.2 Å². The maximum Gasteiger partial charge on any atom is 0.407 e. The zero-order valence-corrected chi connectivity index (χ0v) is 12.4. The van der Waals surface area contributed by atoms with Gasteiger partial charge in [0.05, 0.1) is 39.6 Å². The van der Waals surface area contributed by atoms with Gasteiger partial charge in [0.2, 0.25) is 0 Å². The Bertz CT molecular complexity index is 262. The van der Waals surface area contributed by atoms with Gasteiger partial charge in [0.1, 0.15) is 13.2 Å². The number of hydrogen-bond acceptors (Lipinski definition) is 8. The Morgan fingerprint density at radius 3 is 1.45 bits per heavy atom. The summed E-state index contributed by atoms with van der Waals surface area (Å²) in [5.74, 6) is 0. The second-order valence-electron chi connectivity index (χ2n) is 3.80. The number of alkyl carbamates (subject to hydrolysis) is 2. The molecule has 4 N–H and O–H groups in total. The molecule has 0 atom stereocenters. The van der Waals surface area contributed by atoms with Gasteiger partial charge in [0, 0.05) is 13.1 Å². The molecule has 10 heteroatoms. The lowest BCUT2D eigenvalue weighted by molar-refractivity contribution is 0.0482. The highest BCUT2D eigenvalue weighted by Gasteiger charge is 2.00. The van der Waals surface area contributed by atoms with Gasteiger partial charge >= 0.3 is 12.2 Å². The van der Waals surface area contributed by atoms with Gasteiger partial charge < -0.3 is 39.8 Å². The number of carbonyl (C=O) groups excluding carboxylic acids is 2. The van der Waals surface area contributed by atoms with E-state index in [1.807, 2.05) is 0 Å². The van der Waals surface area contributed by atoms with E-state index in [0.29, 0.717) is 39.5 Å². The van der Waals surface area contributed by atoms with E-state index in [9.17, 15) is 9.59 Å². The summed E-state index contributed by atoms with van der Waals surface area (Å²) in [6, 6.07) is 0. The van der Waals surface area contributed by atoms with Crippen molar-refractivity contribution in [3.8, 4) is 0 Å². The second kappa shape index (κ2) is 15.8. The van der Waals surface area contributed by atoms with Gasteiger partial charge in [-0.15, -0.1) is 0 Å². The molecule has 0 aliphatic rings. The van der Waals surface area contributed by atoms with Crippen LogP contribution in [0.3, 0.4) is 0 Å². The topological polar surface area (TPSA) is 136 Å². The maximum absolute atomic E-state index is 10.9. The Hall–Kier alpha value is -1.62. The summed E-state index contributed by atoms with van der Waals surface area (Å²) in [5.41, 5.74) is 0. The molecule has 0 spiro atoms. The summed E-state index contributed by atoms with van der Waals surface area (Å²) in [7, 11) is 0. The van der Waals surface area contributed by atoms with Crippen molar-refractivity contribution in [1.29, 1.82) is 0 Å². The first-order valence-corrected chi connectivity index (χ1v) is 6.89. The van der Waals surface area contributed by atoms with Crippen molar-refractivity contribution < 1.29 is 38.7 Å². The van der Waals surface area contributed by atoms with Gasteiger partial charge in [-0.05, 0) is 0 Å². The predicted octanol–water partition coefficient (Wildman–Crippen LogP) is -1.54. The molecule has 0 unspecified atom stereocenters. The molecule has 10 nitrogen and oxygen atoms in total. The van der Waals surface area contributed by atoms with Gasteiger partial charge in [-0.1, -0.05) is 0 Å². The summed E-state index contributed by atoms with van der Waals surface area (Å²) in [4.78, 5) is 21.9. The van der Waals surface area contributed by atoms with E-state index in [2.05, 4.69) is 20.1 Å². The van der Waals surface area contributed by atoms with E-state index >= 15 is 0 Å². The minimum absolute atomic E-state index is 0.0396. The highest BCUT2D eigenvalue weighted by Crippen LogP contribution is 1.81. The van der Waals surface area contributed by atoms with E-state index in [4.69, 9.17) is 19.7 Å². The highest BCUT2D eigenvalue weighted by molar-refractivity contribution is 5.67. The number of carbonyl (C=O) groups is 2. The molecule has 0 aromatic heterocycles. The Labute approximate surface area is 128 Å². The predicted molar refractivity (Wildman–Crippen MR) is 74.5 cm³/mol. The van der Waals surface area contributed by atoms with Crippen LogP contribution in [0.4, 0.5) is 9.59 Å². The van der Waals surface area contributed by atoms with E-state index in [0.717, 1.165) is 0 Å². The van der Waals surface area contributed by atoms with Crippen LogP contribution in [0.2, 0.25) is 0 Å². The van der Waals surface area contributed by atoms with Gasteiger partial charge in [-0.25, -0.2) is 9.59 Å².